The van der Waals surface area contributed by atoms with Gasteiger partial charge in [0.25, 0.3) is 0 Å². The van der Waals surface area contributed by atoms with Crippen LogP contribution in [-0.4, -0.2) is 17.0 Å². The zero-order valence-electron chi connectivity index (χ0n) is 21.3. The third-order valence-corrected chi connectivity index (χ3v) is 7.70. The van der Waals surface area contributed by atoms with Gasteiger partial charge in [0.2, 0.25) is 0 Å². The number of nitrogens with zero attached hydrogens (tertiary/aromatic N) is 2. The van der Waals surface area contributed by atoms with E-state index in [1.54, 1.807) is 0 Å². The zero-order valence-corrected chi connectivity index (χ0v) is 21.3. The van der Waals surface area contributed by atoms with Gasteiger partial charge in [0.05, 0.1) is 17.3 Å². The largest absolute Gasteiger partial charge is 0.292 e. The van der Waals surface area contributed by atoms with Gasteiger partial charge in [-0.1, -0.05) is 108 Å². The van der Waals surface area contributed by atoms with Crippen LogP contribution < -0.4 is 5.01 Å². The highest BCUT2D eigenvalue weighted by Crippen LogP contribution is 2.52. The van der Waals surface area contributed by atoms with Gasteiger partial charge in [-0.2, -0.15) is 5.10 Å². The predicted molar refractivity (Wildman–Crippen MR) is 152 cm³/mol. The quantitative estimate of drug-likeness (QED) is 0.282. The van der Waals surface area contributed by atoms with Crippen LogP contribution in [0.15, 0.2) is 120 Å². The molecule has 1 spiro atoms. The van der Waals surface area contributed by atoms with Crippen molar-refractivity contribution < 1.29 is 4.79 Å². The Hall–Kier alpha value is -4.24. The Morgan fingerprint density at radius 2 is 1.38 bits per heavy atom. The van der Waals surface area contributed by atoms with Crippen molar-refractivity contribution in [3.05, 3.63) is 143 Å². The molecule has 1 saturated carbocycles. The number of hydrogen-bond acceptors (Lipinski definition) is 3. The highest BCUT2D eigenvalue weighted by atomic mass is 16.1. The molecule has 0 aromatic heterocycles. The van der Waals surface area contributed by atoms with Crippen molar-refractivity contribution in [2.45, 2.75) is 38.1 Å². The van der Waals surface area contributed by atoms with Crippen LogP contribution in [0.1, 0.15) is 46.6 Å². The summed E-state index contributed by atoms with van der Waals surface area (Å²) in [7, 11) is 0. The molecule has 0 amide bonds. The van der Waals surface area contributed by atoms with E-state index in [1.165, 1.54) is 11.1 Å². The smallest absolute Gasteiger partial charge is 0.187 e. The number of anilines is 1. The van der Waals surface area contributed by atoms with Crippen molar-refractivity contribution in [3.63, 3.8) is 0 Å². The fourth-order valence-corrected chi connectivity index (χ4v) is 5.80. The summed E-state index contributed by atoms with van der Waals surface area (Å²) in [6.07, 6.45) is 3.50. The van der Waals surface area contributed by atoms with E-state index >= 15 is 0 Å². The molecule has 3 heteroatoms. The van der Waals surface area contributed by atoms with Crippen molar-refractivity contribution >= 4 is 23.3 Å². The van der Waals surface area contributed by atoms with Crippen LogP contribution in [0, 0.1) is 13.8 Å². The Morgan fingerprint density at radius 3 is 2.03 bits per heavy atom. The van der Waals surface area contributed by atoms with E-state index in [0.717, 1.165) is 40.1 Å². The predicted octanol–water partition coefficient (Wildman–Crippen LogP) is 7.50. The second-order valence-electron chi connectivity index (χ2n) is 10.2. The minimum Gasteiger partial charge on any atom is -0.292 e. The number of rotatable bonds is 4. The Kier molecular flexibility index (Phi) is 5.84. The summed E-state index contributed by atoms with van der Waals surface area (Å²) in [5, 5.41) is 7.28. The van der Waals surface area contributed by atoms with E-state index in [1.807, 2.05) is 41.4 Å². The SMILES string of the molecule is Cc1ccc(/C=C2\CC[C@]3(C2=O)[C@H](c2ccc(C)cc2)C(c2ccccc2)=NN3c2ccccc2)cc1. The van der Waals surface area contributed by atoms with Crippen LogP contribution in [0.25, 0.3) is 6.08 Å². The van der Waals surface area contributed by atoms with Crippen molar-refractivity contribution in [2.75, 3.05) is 5.01 Å². The molecule has 6 rings (SSSR count). The number of benzene rings is 4. The number of hydrogen-bond donors (Lipinski definition) is 0. The second kappa shape index (κ2) is 9.33. The molecule has 182 valence electrons. The fourth-order valence-electron chi connectivity index (χ4n) is 5.80. The second-order valence-corrected chi connectivity index (χ2v) is 10.2. The highest BCUT2D eigenvalue weighted by molar-refractivity contribution is 6.19. The molecule has 1 aliphatic carbocycles. The Bertz CT molecular complexity index is 1490. The van der Waals surface area contributed by atoms with Gasteiger partial charge < -0.3 is 0 Å². The lowest BCUT2D eigenvalue weighted by molar-refractivity contribution is -0.119. The molecular weight excluding hydrogens is 452 g/mol. The number of Topliss-reactive ketones (excluding diaryl/α,β-unsaturated/α-hetero) is 1. The molecule has 1 heterocycles. The average molecular weight is 483 g/mol. The summed E-state index contributed by atoms with van der Waals surface area (Å²) < 4.78 is 0. The number of carbonyl (C=O) groups is 1. The van der Waals surface area contributed by atoms with Gasteiger partial charge in [0, 0.05) is 0 Å². The maximum absolute atomic E-state index is 14.6. The lowest BCUT2D eigenvalue weighted by atomic mass is 9.73. The lowest BCUT2D eigenvalue weighted by Gasteiger charge is -2.37. The molecule has 37 heavy (non-hydrogen) atoms. The van der Waals surface area contributed by atoms with E-state index in [-0.39, 0.29) is 11.7 Å². The van der Waals surface area contributed by atoms with Crippen molar-refractivity contribution in [3.8, 4) is 0 Å². The van der Waals surface area contributed by atoms with Crippen LogP contribution >= 0.6 is 0 Å². The molecule has 2 aliphatic rings. The topological polar surface area (TPSA) is 32.7 Å². The molecule has 0 radical (unpaired) electrons. The van der Waals surface area contributed by atoms with E-state index < -0.39 is 5.54 Å². The van der Waals surface area contributed by atoms with Crippen molar-refractivity contribution in [1.82, 2.24) is 0 Å². The Labute approximate surface area is 218 Å². The summed E-state index contributed by atoms with van der Waals surface area (Å²) in [6.45, 7) is 4.18. The van der Waals surface area contributed by atoms with Crippen molar-refractivity contribution in [2.24, 2.45) is 5.10 Å². The molecule has 0 bridgehead atoms. The van der Waals surface area contributed by atoms with Gasteiger partial charge in [-0.05, 0) is 67.2 Å². The molecule has 1 fully saturated rings. The summed E-state index contributed by atoms with van der Waals surface area (Å²) in [5.74, 6) is -0.0238. The third kappa shape index (κ3) is 4.01. The minimum atomic E-state index is -0.821. The molecule has 3 nitrogen and oxygen atoms in total. The van der Waals surface area contributed by atoms with Gasteiger partial charge in [-0.25, -0.2) is 0 Å². The van der Waals surface area contributed by atoms with Gasteiger partial charge in [-0.15, -0.1) is 0 Å². The lowest BCUT2D eigenvalue weighted by Crippen LogP contribution is -2.51. The summed E-state index contributed by atoms with van der Waals surface area (Å²) >= 11 is 0. The highest BCUT2D eigenvalue weighted by Gasteiger charge is 2.60. The summed E-state index contributed by atoms with van der Waals surface area (Å²) in [6, 6.07) is 37.5. The maximum atomic E-state index is 14.6. The van der Waals surface area contributed by atoms with E-state index in [0.29, 0.717) is 6.42 Å². The van der Waals surface area contributed by atoms with Crippen LogP contribution in [0.5, 0.6) is 0 Å². The first-order valence-electron chi connectivity index (χ1n) is 12.9. The molecule has 0 saturated heterocycles. The van der Waals surface area contributed by atoms with Crippen LogP contribution in [0.3, 0.4) is 0 Å². The van der Waals surface area contributed by atoms with E-state index in [2.05, 4.69) is 92.7 Å². The van der Waals surface area contributed by atoms with E-state index in [9.17, 15) is 4.79 Å². The average Bonchev–Trinajstić information content (AvgIpc) is 3.45. The molecule has 4 aromatic carbocycles. The fraction of sp³-hybridized carbons (Fsp3) is 0.176. The van der Waals surface area contributed by atoms with Gasteiger partial charge in [0.1, 0.15) is 5.54 Å². The van der Waals surface area contributed by atoms with Crippen LogP contribution in [0.4, 0.5) is 5.69 Å². The Morgan fingerprint density at radius 1 is 0.784 bits per heavy atom. The first-order valence-corrected chi connectivity index (χ1v) is 12.9. The number of carbonyl (C=O) groups excluding carboxylic acids is 1. The molecular formula is C34H30N2O. The first kappa shape index (κ1) is 23.2. The van der Waals surface area contributed by atoms with Crippen LogP contribution in [-0.2, 0) is 4.79 Å². The zero-order chi connectivity index (χ0) is 25.4. The molecule has 2 atom stereocenters. The van der Waals surface area contributed by atoms with Crippen molar-refractivity contribution in [1.29, 1.82) is 0 Å². The van der Waals surface area contributed by atoms with Gasteiger partial charge in [0.15, 0.2) is 5.78 Å². The third-order valence-electron chi connectivity index (χ3n) is 7.70. The molecule has 0 N–H and O–H groups in total. The standard InChI is InChI=1S/C34H30N2O/c1-24-13-17-26(18-14-24)23-29-21-22-34(33(29)37)31(27-19-15-25(2)16-20-27)32(28-9-5-3-6-10-28)35-36(34)30-11-7-4-8-12-30/h3-20,23,31H,21-22H2,1-2H3/b29-23+/t31-,34-/m1/s1. The number of hydrazone groups is 1. The van der Waals surface area contributed by atoms with E-state index in [4.69, 9.17) is 5.10 Å². The minimum absolute atomic E-state index is 0.164. The molecule has 1 aliphatic heterocycles. The first-order chi connectivity index (χ1) is 18.1. The monoisotopic (exact) mass is 482 g/mol. The maximum Gasteiger partial charge on any atom is 0.187 e. The normalized spacial score (nSPS) is 22.2. The molecule has 0 unspecified atom stereocenters. The molecule has 4 aromatic rings. The van der Waals surface area contributed by atoms with Gasteiger partial charge in [-0.3, -0.25) is 9.80 Å². The summed E-state index contributed by atoms with van der Waals surface area (Å²) in [5.41, 5.74) is 7.57. The van der Waals surface area contributed by atoms with Gasteiger partial charge >= 0.3 is 0 Å². The van der Waals surface area contributed by atoms with Crippen LogP contribution in [0.2, 0.25) is 0 Å². The summed E-state index contributed by atoms with van der Waals surface area (Å²) in [4.78, 5) is 14.6. The number of para-hydroxylation sites is 1. The number of ketones is 1. The Balaban J connectivity index is 1.55. The number of aryl methyl sites for hydroxylation is 2.